The van der Waals surface area contributed by atoms with Crippen LogP contribution in [0.4, 0.5) is 0 Å². The Bertz CT molecular complexity index is 767. The van der Waals surface area contributed by atoms with Crippen LogP contribution in [-0.4, -0.2) is 35.4 Å². The molecule has 23 heavy (non-hydrogen) atoms. The summed E-state index contributed by atoms with van der Waals surface area (Å²) in [5.74, 6) is -0.481. The molecule has 1 amide bonds. The van der Waals surface area contributed by atoms with Crippen molar-refractivity contribution in [2.24, 2.45) is 5.92 Å². The van der Waals surface area contributed by atoms with Gasteiger partial charge < -0.3 is 9.88 Å². The van der Waals surface area contributed by atoms with Gasteiger partial charge >= 0.3 is 0 Å². The zero-order valence-electron chi connectivity index (χ0n) is 12.7. The summed E-state index contributed by atoms with van der Waals surface area (Å²) in [7, 11) is -3.02. The first-order valence-corrected chi connectivity index (χ1v) is 9.36. The smallest absolute Gasteiger partial charge is 0.224 e. The molecule has 1 fully saturated rings. The molecular formula is C16H19N3O3S. The lowest BCUT2D eigenvalue weighted by atomic mass is 10.1. The van der Waals surface area contributed by atoms with E-state index in [0.29, 0.717) is 13.0 Å². The Morgan fingerprint density at radius 1 is 1.26 bits per heavy atom. The SMILES string of the molecule is O=C(NCc1ccc(Cn2ccnc2)cc1)[C@@H]1CCS(=O)(=O)C1. The first-order valence-electron chi connectivity index (χ1n) is 7.53. The summed E-state index contributed by atoms with van der Waals surface area (Å²) < 4.78 is 24.8. The van der Waals surface area contributed by atoms with E-state index < -0.39 is 15.8 Å². The van der Waals surface area contributed by atoms with Gasteiger partial charge in [-0.2, -0.15) is 0 Å². The van der Waals surface area contributed by atoms with Crippen LogP contribution in [0.25, 0.3) is 0 Å². The molecule has 2 aromatic rings. The predicted molar refractivity (Wildman–Crippen MR) is 86.4 cm³/mol. The van der Waals surface area contributed by atoms with Crippen LogP contribution in [0.15, 0.2) is 43.0 Å². The molecule has 0 saturated carbocycles. The lowest BCUT2D eigenvalue weighted by molar-refractivity contribution is -0.124. The van der Waals surface area contributed by atoms with Crippen LogP contribution in [-0.2, 0) is 27.7 Å². The van der Waals surface area contributed by atoms with E-state index in [2.05, 4.69) is 10.3 Å². The number of nitrogens with one attached hydrogen (secondary N) is 1. The quantitative estimate of drug-likeness (QED) is 0.884. The normalized spacial score (nSPS) is 19.6. The maximum absolute atomic E-state index is 12.0. The van der Waals surface area contributed by atoms with Crippen LogP contribution in [0.2, 0.25) is 0 Å². The van der Waals surface area contributed by atoms with E-state index in [1.165, 1.54) is 0 Å². The Morgan fingerprint density at radius 3 is 2.61 bits per heavy atom. The van der Waals surface area contributed by atoms with Gasteiger partial charge in [-0.25, -0.2) is 13.4 Å². The Balaban J connectivity index is 1.51. The summed E-state index contributed by atoms with van der Waals surface area (Å²) in [6.45, 7) is 1.17. The molecule has 6 nitrogen and oxygen atoms in total. The number of nitrogens with zero attached hydrogens (tertiary/aromatic N) is 2. The molecule has 1 atom stereocenters. The van der Waals surface area contributed by atoms with Gasteiger partial charge in [0.05, 0.1) is 23.8 Å². The van der Waals surface area contributed by atoms with Crippen LogP contribution >= 0.6 is 0 Å². The van der Waals surface area contributed by atoms with Crippen molar-refractivity contribution < 1.29 is 13.2 Å². The fourth-order valence-corrected chi connectivity index (χ4v) is 4.43. The van der Waals surface area contributed by atoms with Crippen molar-refractivity contribution in [1.29, 1.82) is 0 Å². The summed E-state index contributed by atoms with van der Waals surface area (Å²) in [5.41, 5.74) is 2.15. The first kappa shape index (κ1) is 15.7. The molecule has 1 aromatic heterocycles. The molecule has 122 valence electrons. The molecule has 1 aliphatic heterocycles. The van der Waals surface area contributed by atoms with Crippen LogP contribution in [0.5, 0.6) is 0 Å². The number of rotatable bonds is 5. The van der Waals surface area contributed by atoms with Gasteiger partial charge in [-0.1, -0.05) is 24.3 Å². The monoisotopic (exact) mass is 333 g/mol. The minimum Gasteiger partial charge on any atom is -0.352 e. The molecule has 0 aliphatic carbocycles. The zero-order valence-corrected chi connectivity index (χ0v) is 13.5. The van der Waals surface area contributed by atoms with Crippen molar-refractivity contribution in [2.75, 3.05) is 11.5 Å². The van der Waals surface area contributed by atoms with Crippen LogP contribution in [0, 0.1) is 5.92 Å². The zero-order chi connectivity index (χ0) is 16.3. The average molecular weight is 333 g/mol. The largest absolute Gasteiger partial charge is 0.352 e. The topological polar surface area (TPSA) is 81.1 Å². The summed E-state index contributed by atoms with van der Waals surface area (Å²) in [6.07, 6.45) is 5.85. The Hall–Kier alpha value is -2.15. The summed E-state index contributed by atoms with van der Waals surface area (Å²) in [4.78, 5) is 16.0. The maximum Gasteiger partial charge on any atom is 0.224 e. The van der Waals surface area contributed by atoms with Gasteiger partial charge in [0, 0.05) is 25.5 Å². The summed E-state index contributed by atoms with van der Waals surface area (Å²) in [5, 5.41) is 2.83. The average Bonchev–Trinajstić information content (AvgIpc) is 3.15. The fraction of sp³-hybridized carbons (Fsp3) is 0.375. The lowest BCUT2D eigenvalue weighted by Gasteiger charge is -2.10. The third-order valence-corrected chi connectivity index (χ3v) is 5.79. The van der Waals surface area contributed by atoms with Crippen molar-refractivity contribution in [3.05, 3.63) is 54.1 Å². The van der Waals surface area contributed by atoms with Crippen molar-refractivity contribution in [1.82, 2.24) is 14.9 Å². The molecule has 1 aromatic carbocycles. The Morgan fingerprint density at radius 2 is 2.00 bits per heavy atom. The highest BCUT2D eigenvalue weighted by Crippen LogP contribution is 2.18. The van der Waals surface area contributed by atoms with Gasteiger partial charge in [-0.15, -0.1) is 0 Å². The van der Waals surface area contributed by atoms with Gasteiger partial charge in [0.2, 0.25) is 5.91 Å². The number of amides is 1. The molecule has 0 radical (unpaired) electrons. The van der Waals surface area contributed by atoms with Crippen molar-refractivity contribution in [3.63, 3.8) is 0 Å². The minimum atomic E-state index is -3.02. The fourth-order valence-electron chi connectivity index (χ4n) is 2.69. The predicted octanol–water partition coefficient (Wildman–Crippen LogP) is 0.982. The molecule has 1 aliphatic rings. The number of sulfone groups is 1. The van der Waals surface area contributed by atoms with E-state index in [-0.39, 0.29) is 17.4 Å². The second-order valence-electron chi connectivity index (χ2n) is 5.87. The molecule has 0 spiro atoms. The third kappa shape index (κ3) is 4.19. The van der Waals surface area contributed by atoms with E-state index in [4.69, 9.17) is 0 Å². The Labute approximate surface area is 135 Å². The Kier molecular flexibility index (Phi) is 4.47. The van der Waals surface area contributed by atoms with Gasteiger partial charge in [-0.3, -0.25) is 4.79 Å². The van der Waals surface area contributed by atoms with E-state index >= 15 is 0 Å². The highest BCUT2D eigenvalue weighted by molar-refractivity contribution is 7.91. The number of hydrogen-bond acceptors (Lipinski definition) is 4. The second-order valence-corrected chi connectivity index (χ2v) is 8.10. The van der Waals surface area contributed by atoms with Crippen LogP contribution in [0.1, 0.15) is 17.5 Å². The van der Waals surface area contributed by atoms with E-state index in [0.717, 1.165) is 17.7 Å². The number of benzene rings is 1. The van der Waals surface area contributed by atoms with Crippen molar-refractivity contribution >= 4 is 15.7 Å². The molecule has 1 saturated heterocycles. The standard InChI is InChI=1S/C16H19N3O3S/c20-16(15-5-8-23(21,22)11-15)18-9-13-1-3-14(4-2-13)10-19-7-6-17-12-19/h1-4,6-7,12,15H,5,8-11H2,(H,18,20)/t15-/m1/s1. The summed E-state index contributed by atoms with van der Waals surface area (Å²) >= 11 is 0. The number of carbonyl (C=O) groups is 1. The van der Waals surface area contributed by atoms with E-state index in [1.54, 1.807) is 12.5 Å². The maximum atomic E-state index is 12.0. The first-order chi connectivity index (χ1) is 11.0. The van der Waals surface area contributed by atoms with Crippen LogP contribution in [0.3, 0.4) is 0 Å². The molecule has 2 heterocycles. The third-order valence-electron chi connectivity index (χ3n) is 4.02. The lowest BCUT2D eigenvalue weighted by Crippen LogP contribution is -2.30. The van der Waals surface area contributed by atoms with Gasteiger partial charge in [0.1, 0.15) is 0 Å². The number of hydrogen-bond donors (Lipinski definition) is 1. The van der Waals surface area contributed by atoms with Crippen molar-refractivity contribution in [2.45, 2.75) is 19.5 Å². The van der Waals surface area contributed by atoms with Gasteiger partial charge in [-0.05, 0) is 17.5 Å². The number of carbonyl (C=O) groups excluding carboxylic acids is 1. The van der Waals surface area contributed by atoms with Crippen molar-refractivity contribution in [3.8, 4) is 0 Å². The van der Waals surface area contributed by atoms with E-state index in [1.807, 2.05) is 35.0 Å². The number of aromatic nitrogens is 2. The minimum absolute atomic E-state index is 0.0251. The van der Waals surface area contributed by atoms with Crippen LogP contribution < -0.4 is 5.32 Å². The molecule has 7 heteroatoms. The molecule has 3 rings (SSSR count). The second kappa shape index (κ2) is 6.54. The molecule has 1 N–H and O–H groups in total. The highest BCUT2D eigenvalue weighted by atomic mass is 32.2. The molecular weight excluding hydrogens is 314 g/mol. The van der Waals surface area contributed by atoms with Gasteiger partial charge in [0.15, 0.2) is 9.84 Å². The number of imidazole rings is 1. The van der Waals surface area contributed by atoms with Gasteiger partial charge in [0.25, 0.3) is 0 Å². The molecule has 0 bridgehead atoms. The summed E-state index contributed by atoms with van der Waals surface area (Å²) in [6, 6.07) is 7.97. The molecule has 0 unspecified atom stereocenters. The highest BCUT2D eigenvalue weighted by Gasteiger charge is 2.32. The van der Waals surface area contributed by atoms with E-state index in [9.17, 15) is 13.2 Å².